The highest BCUT2D eigenvalue weighted by atomic mass is 35.5. The van der Waals surface area contributed by atoms with E-state index in [2.05, 4.69) is 11.1 Å². The minimum absolute atomic E-state index is 0. The van der Waals surface area contributed by atoms with Gasteiger partial charge in [-0.25, -0.2) is 0 Å². The molecule has 1 aliphatic heterocycles. The molecule has 0 bridgehead atoms. The van der Waals surface area contributed by atoms with E-state index in [4.69, 9.17) is 12.2 Å². The van der Waals surface area contributed by atoms with Crippen LogP contribution in [0.1, 0.15) is 19.3 Å². The Kier molecular flexibility index (Phi) is 5.17. The maximum Gasteiger partial charge on any atom is 0.186 e. The summed E-state index contributed by atoms with van der Waals surface area (Å²) in [7, 11) is 0. The van der Waals surface area contributed by atoms with Gasteiger partial charge in [-0.1, -0.05) is 6.42 Å². The second-order valence-electron chi connectivity index (χ2n) is 2.47. The molecule has 1 rings (SSSR count). The molecule has 0 radical (unpaired) electrons. The number of thiocarbonyl (C=S) groups is 1. The van der Waals surface area contributed by atoms with Crippen molar-refractivity contribution in [2.45, 2.75) is 25.3 Å². The van der Waals surface area contributed by atoms with Gasteiger partial charge in [0.2, 0.25) is 0 Å². The second-order valence-corrected chi connectivity index (χ2v) is 2.99. The lowest BCUT2D eigenvalue weighted by Gasteiger charge is -2.19. The summed E-state index contributed by atoms with van der Waals surface area (Å²) >= 11 is 4.94. The lowest BCUT2D eigenvalue weighted by Crippen LogP contribution is -3.00. The van der Waals surface area contributed by atoms with E-state index in [1.54, 1.807) is 0 Å². The molecule has 0 aromatic rings. The third kappa shape index (κ3) is 2.92. The molecule has 1 atom stereocenters. The van der Waals surface area contributed by atoms with Gasteiger partial charge in [0.05, 0.1) is 6.04 Å². The van der Waals surface area contributed by atoms with Crippen LogP contribution < -0.4 is 23.5 Å². The van der Waals surface area contributed by atoms with Crippen LogP contribution in [0.25, 0.3) is 0 Å². The summed E-state index contributed by atoms with van der Waals surface area (Å²) in [5, 5.41) is 3.31. The Hall–Kier alpha value is 0.300. The van der Waals surface area contributed by atoms with Crippen molar-refractivity contribution in [2.24, 2.45) is 0 Å². The Morgan fingerprint density at radius 3 is 2.50 bits per heavy atom. The van der Waals surface area contributed by atoms with Crippen molar-refractivity contribution in [3.63, 3.8) is 0 Å². The van der Waals surface area contributed by atoms with Gasteiger partial charge in [-0.15, -0.1) is 0 Å². The zero-order valence-corrected chi connectivity index (χ0v) is 7.47. The summed E-state index contributed by atoms with van der Waals surface area (Å²) in [5.74, 6) is 0. The fourth-order valence-corrected chi connectivity index (χ4v) is 1.33. The van der Waals surface area contributed by atoms with E-state index in [9.17, 15) is 0 Å². The summed E-state index contributed by atoms with van der Waals surface area (Å²) in [6.45, 7) is 1.11. The SMILES string of the molecule is [Cl-].[NH3+]C(=S)C1CCCCN1. The Bertz CT molecular complexity index is 112. The first kappa shape index (κ1) is 10.3. The molecule has 2 nitrogen and oxygen atoms in total. The van der Waals surface area contributed by atoms with Crippen LogP contribution in [0.5, 0.6) is 0 Å². The Balaban J connectivity index is 0.000000810. The zero-order chi connectivity index (χ0) is 6.69. The maximum absolute atomic E-state index is 4.94. The monoisotopic (exact) mass is 180 g/mol. The molecule has 4 heteroatoms. The van der Waals surface area contributed by atoms with E-state index >= 15 is 0 Å². The third-order valence-electron chi connectivity index (χ3n) is 1.70. The molecule has 1 unspecified atom stereocenters. The third-order valence-corrected chi connectivity index (χ3v) is 1.98. The van der Waals surface area contributed by atoms with Gasteiger partial charge in [-0.2, -0.15) is 0 Å². The molecule has 4 N–H and O–H groups in total. The van der Waals surface area contributed by atoms with E-state index in [-0.39, 0.29) is 12.4 Å². The van der Waals surface area contributed by atoms with Crippen molar-refractivity contribution in [3.05, 3.63) is 0 Å². The van der Waals surface area contributed by atoms with Crippen LogP contribution in [0.2, 0.25) is 0 Å². The van der Waals surface area contributed by atoms with Crippen molar-refractivity contribution in [1.82, 2.24) is 5.32 Å². The van der Waals surface area contributed by atoms with Crippen molar-refractivity contribution in [1.29, 1.82) is 0 Å². The molecule has 0 aromatic heterocycles. The average molecular weight is 181 g/mol. The summed E-state index contributed by atoms with van der Waals surface area (Å²) in [6, 6.07) is 0.425. The predicted molar refractivity (Wildman–Crippen MR) is 41.1 cm³/mol. The molecule has 60 valence electrons. The molecular formula is C6H13ClN2S. The molecular weight excluding hydrogens is 168 g/mol. The van der Waals surface area contributed by atoms with Gasteiger partial charge in [0.1, 0.15) is 0 Å². The van der Waals surface area contributed by atoms with Gasteiger partial charge in [-0.05, 0) is 31.6 Å². The molecule has 1 saturated heterocycles. The van der Waals surface area contributed by atoms with E-state index < -0.39 is 0 Å². The van der Waals surface area contributed by atoms with Crippen LogP contribution >= 0.6 is 12.2 Å². The topological polar surface area (TPSA) is 39.7 Å². The number of piperidine rings is 1. The number of hydrogen-bond donors (Lipinski definition) is 2. The molecule has 0 aliphatic carbocycles. The Labute approximate surface area is 73.0 Å². The lowest BCUT2D eigenvalue weighted by molar-refractivity contribution is -0.215. The van der Waals surface area contributed by atoms with Crippen molar-refractivity contribution in [2.75, 3.05) is 6.54 Å². The number of quaternary nitrogens is 1. The molecule has 1 fully saturated rings. The highest BCUT2D eigenvalue weighted by molar-refractivity contribution is 7.80. The minimum atomic E-state index is 0. The highest BCUT2D eigenvalue weighted by Crippen LogP contribution is 2.05. The number of nitrogens with one attached hydrogen (secondary N) is 1. The van der Waals surface area contributed by atoms with Crippen molar-refractivity contribution >= 4 is 17.2 Å². The molecule has 1 heterocycles. The fourth-order valence-electron chi connectivity index (χ4n) is 1.13. The quantitative estimate of drug-likeness (QED) is 0.416. The summed E-state index contributed by atoms with van der Waals surface area (Å²) in [6.07, 6.45) is 3.77. The van der Waals surface area contributed by atoms with Crippen LogP contribution in [-0.4, -0.2) is 17.6 Å². The minimum Gasteiger partial charge on any atom is -1.00 e. The van der Waals surface area contributed by atoms with Crippen molar-refractivity contribution < 1.29 is 18.1 Å². The number of hydrogen-bond acceptors (Lipinski definition) is 2. The Morgan fingerprint density at radius 2 is 2.20 bits per heavy atom. The Morgan fingerprint density at radius 1 is 1.50 bits per heavy atom. The van der Waals surface area contributed by atoms with Gasteiger partial charge >= 0.3 is 0 Å². The molecule has 0 aromatic carbocycles. The smallest absolute Gasteiger partial charge is 0.186 e. The molecule has 0 spiro atoms. The van der Waals surface area contributed by atoms with Gasteiger partial charge in [0, 0.05) is 0 Å². The highest BCUT2D eigenvalue weighted by Gasteiger charge is 2.16. The maximum atomic E-state index is 4.94. The summed E-state index contributed by atoms with van der Waals surface area (Å²) in [5.41, 5.74) is 3.73. The molecule has 0 saturated carbocycles. The molecule has 10 heavy (non-hydrogen) atoms. The zero-order valence-electron chi connectivity index (χ0n) is 5.90. The molecule has 0 amide bonds. The fraction of sp³-hybridized carbons (Fsp3) is 0.833. The van der Waals surface area contributed by atoms with Crippen LogP contribution in [-0.2, 0) is 0 Å². The summed E-state index contributed by atoms with van der Waals surface area (Å²) < 4.78 is 0. The number of halogens is 1. The van der Waals surface area contributed by atoms with E-state index in [1.165, 1.54) is 19.3 Å². The normalized spacial score (nSPS) is 25.1. The first-order valence-electron chi connectivity index (χ1n) is 3.40. The van der Waals surface area contributed by atoms with Gasteiger partial charge < -0.3 is 23.5 Å². The van der Waals surface area contributed by atoms with Gasteiger partial charge in [0.25, 0.3) is 0 Å². The second kappa shape index (κ2) is 5.02. The van der Waals surface area contributed by atoms with Gasteiger partial charge in [-0.3, -0.25) is 0 Å². The average Bonchev–Trinajstić information content (AvgIpc) is 1.90. The first-order valence-corrected chi connectivity index (χ1v) is 3.81. The molecule has 1 aliphatic rings. The van der Waals surface area contributed by atoms with Crippen LogP contribution in [0, 0.1) is 0 Å². The lowest BCUT2D eigenvalue weighted by atomic mass is 10.1. The summed E-state index contributed by atoms with van der Waals surface area (Å²) in [4.78, 5) is 0.870. The standard InChI is InChI=1S/C6H12N2S.ClH/c7-6(9)5-3-1-2-4-8-5;/h5,8H,1-4H2,(H2,7,9);1H. The van der Waals surface area contributed by atoms with E-state index in [1.807, 2.05) is 0 Å². The van der Waals surface area contributed by atoms with Crippen LogP contribution in [0.15, 0.2) is 0 Å². The van der Waals surface area contributed by atoms with Gasteiger partial charge in [0.15, 0.2) is 4.99 Å². The predicted octanol–water partition coefficient (Wildman–Crippen LogP) is -3.30. The van der Waals surface area contributed by atoms with Crippen LogP contribution in [0.3, 0.4) is 0 Å². The van der Waals surface area contributed by atoms with Crippen molar-refractivity contribution in [3.8, 4) is 0 Å². The van der Waals surface area contributed by atoms with E-state index in [0.717, 1.165) is 11.5 Å². The van der Waals surface area contributed by atoms with Crippen LogP contribution in [0.4, 0.5) is 0 Å². The first-order chi connectivity index (χ1) is 4.30. The number of rotatable bonds is 1. The largest absolute Gasteiger partial charge is 1.00 e. The van der Waals surface area contributed by atoms with E-state index in [0.29, 0.717) is 6.04 Å².